The third-order valence-electron chi connectivity index (χ3n) is 2.43. The first-order valence-electron chi connectivity index (χ1n) is 5.35. The number of amides is 1. The summed E-state index contributed by atoms with van der Waals surface area (Å²) in [6, 6.07) is 17.3. The molecule has 0 aliphatic heterocycles. The molecule has 1 radical (unpaired) electrons. The number of nitrogens with one attached hydrogen (secondary N) is 1. The zero-order valence-corrected chi connectivity index (χ0v) is 10.9. The molecule has 2 aromatic rings. The Morgan fingerprint density at radius 1 is 1.00 bits per heavy atom. The van der Waals surface area contributed by atoms with Gasteiger partial charge in [0.2, 0.25) is 0 Å². The summed E-state index contributed by atoms with van der Waals surface area (Å²) in [5, 5.41) is 2.90. The second-order valence-corrected chi connectivity index (χ2v) is 4.59. The van der Waals surface area contributed by atoms with E-state index >= 15 is 0 Å². The van der Waals surface area contributed by atoms with Crippen molar-refractivity contribution in [2.45, 2.75) is 6.54 Å². The van der Waals surface area contributed by atoms with Crippen molar-refractivity contribution < 1.29 is 4.79 Å². The Morgan fingerprint density at radius 2 is 1.65 bits per heavy atom. The second-order valence-electron chi connectivity index (χ2n) is 3.66. The number of benzene rings is 2. The predicted octanol–water partition coefficient (Wildman–Crippen LogP) is 1.41. The van der Waals surface area contributed by atoms with Gasteiger partial charge >= 0.3 is 109 Å². The molecule has 3 heteroatoms. The summed E-state index contributed by atoms with van der Waals surface area (Å²) in [6.45, 7) is 0.550. The molecule has 0 heterocycles. The van der Waals surface area contributed by atoms with Crippen LogP contribution in [0.1, 0.15) is 15.9 Å². The normalized spacial score (nSPS) is 9.88. The van der Waals surface area contributed by atoms with Gasteiger partial charge in [-0.15, -0.1) is 0 Å². The average Bonchev–Trinajstić information content (AvgIpc) is 2.38. The summed E-state index contributed by atoms with van der Waals surface area (Å²) in [5.74, 6) is -0.0526. The third-order valence-corrected chi connectivity index (χ3v) is 3.17. The monoisotopic (exact) mass is 290 g/mol. The predicted molar refractivity (Wildman–Crippen MR) is 69.4 cm³/mol. The van der Waals surface area contributed by atoms with Gasteiger partial charge in [0.15, 0.2) is 0 Å². The van der Waals surface area contributed by atoms with Crippen molar-refractivity contribution in [1.82, 2.24) is 5.32 Å². The second kappa shape index (κ2) is 5.67. The van der Waals surface area contributed by atoms with E-state index in [9.17, 15) is 4.79 Å². The fourth-order valence-electron chi connectivity index (χ4n) is 1.53. The van der Waals surface area contributed by atoms with Crippen LogP contribution in [-0.4, -0.2) is 21.9 Å². The summed E-state index contributed by atoms with van der Waals surface area (Å²) in [6.07, 6.45) is 0. The Labute approximate surface area is 109 Å². The summed E-state index contributed by atoms with van der Waals surface area (Å²) in [4.78, 5) is 11.9. The van der Waals surface area contributed by atoms with Gasteiger partial charge in [0.1, 0.15) is 0 Å². The van der Waals surface area contributed by atoms with E-state index in [1.54, 1.807) is 0 Å². The zero-order chi connectivity index (χ0) is 12.1. The maximum absolute atomic E-state index is 11.9. The van der Waals surface area contributed by atoms with Gasteiger partial charge in [0, 0.05) is 0 Å². The maximum atomic E-state index is 11.9. The van der Waals surface area contributed by atoms with E-state index in [0.717, 1.165) is 10.0 Å². The summed E-state index contributed by atoms with van der Waals surface area (Å²) in [7, 11) is 0. The summed E-state index contributed by atoms with van der Waals surface area (Å²) >= 11 is 2.89. The van der Waals surface area contributed by atoms with Gasteiger partial charge in [0.05, 0.1) is 0 Å². The minimum atomic E-state index is -0.0526. The Balaban J connectivity index is 2.01. The van der Waals surface area contributed by atoms with E-state index in [1.807, 2.05) is 54.6 Å². The molecule has 17 heavy (non-hydrogen) atoms. The first-order chi connectivity index (χ1) is 8.27. The number of hydrogen-bond acceptors (Lipinski definition) is 1. The first-order valence-corrected chi connectivity index (χ1v) is 6.21. The molecule has 0 atom stereocenters. The van der Waals surface area contributed by atoms with E-state index in [0.29, 0.717) is 12.1 Å². The van der Waals surface area contributed by atoms with Gasteiger partial charge in [-0.05, 0) is 0 Å². The summed E-state index contributed by atoms with van der Waals surface area (Å²) in [5.41, 5.74) is 1.78. The molecule has 2 rings (SSSR count). The van der Waals surface area contributed by atoms with Crippen molar-refractivity contribution >= 4 is 26.4 Å². The van der Waals surface area contributed by atoms with Crippen LogP contribution in [0, 0.1) is 0 Å². The number of rotatable bonds is 3. The van der Waals surface area contributed by atoms with Crippen molar-refractivity contribution in [2.75, 3.05) is 0 Å². The van der Waals surface area contributed by atoms with Crippen molar-refractivity contribution in [3.63, 3.8) is 0 Å². The van der Waals surface area contributed by atoms with Crippen LogP contribution < -0.4 is 9.78 Å². The molecule has 2 nitrogen and oxygen atoms in total. The van der Waals surface area contributed by atoms with Gasteiger partial charge in [-0.2, -0.15) is 0 Å². The van der Waals surface area contributed by atoms with E-state index in [1.165, 1.54) is 0 Å². The Bertz CT molecular complexity index is 511. The Kier molecular flexibility index (Phi) is 3.97. The van der Waals surface area contributed by atoms with Crippen molar-refractivity contribution in [2.24, 2.45) is 0 Å². The van der Waals surface area contributed by atoms with E-state index in [2.05, 4.69) is 21.3 Å². The molecule has 0 saturated heterocycles. The third kappa shape index (κ3) is 3.19. The first kappa shape index (κ1) is 11.9. The zero-order valence-electron chi connectivity index (χ0n) is 9.22. The quantitative estimate of drug-likeness (QED) is 0.851. The van der Waals surface area contributed by atoms with Crippen LogP contribution in [0.5, 0.6) is 0 Å². The molecular weight excluding hydrogens is 277 g/mol. The van der Waals surface area contributed by atoms with Gasteiger partial charge in [-0.25, -0.2) is 0 Å². The number of hydrogen-bond donors (Lipinski definition) is 1. The molecule has 2 aromatic carbocycles. The molecule has 0 unspecified atom stereocenters. The van der Waals surface area contributed by atoms with Crippen molar-refractivity contribution in [3.8, 4) is 0 Å². The van der Waals surface area contributed by atoms with Crippen molar-refractivity contribution in [1.29, 1.82) is 0 Å². The molecular formula is C14H12NOSe. The molecule has 0 spiro atoms. The molecule has 1 amide bonds. The molecule has 0 aliphatic carbocycles. The Morgan fingerprint density at radius 3 is 2.35 bits per heavy atom. The van der Waals surface area contributed by atoms with E-state index < -0.39 is 0 Å². The fourth-order valence-corrected chi connectivity index (χ4v) is 2.03. The van der Waals surface area contributed by atoms with Gasteiger partial charge in [-0.1, -0.05) is 0 Å². The number of carbonyl (C=O) groups excluding carboxylic acids is 1. The molecule has 85 valence electrons. The molecule has 0 bridgehead atoms. The van der Waals surface area contributed by atoms with E-state index in [4.69, 9.17) is 0 Å². The molecule has 0 fully saturated rings. The molecule has 0 aliphatic rings. The average molecular weight is 289 g/mol. The SMILES string of the molecule is O=C(NCc1ccccc1)c1ccccc1[Se]. The van der Waals surface area contributed by atoms with Crippen LogP contribution in [0.2, 0.25) is 0 Å². The fraction of sp³-hybridized carbons (Fsp3) is 0.0714. The van der Waals surface area contributed by atoms with E-state index in [-0.39, 0.29) is 5.91 Å². The number of carbonyl (C=O) groups is 1. The van der Waals surface area contributed by atoms with Crippen LogP contribution in [-0.2, 0) is 6.54 Å². The minimum absolute atomic E-state index is 0.0526. The van der Waals surface area contributed by atoms with Crippen molar-refractivity contribution in [3.05, 3.63) is 65.7 Å². The van der Waals surface area contributed by atoms with Gasteiger partial charge in [-0.3, -0.25) is 0 Å². The van der Waals surface area contributed by atoms with Gasteiger partial charge in [0.25, 0.3) is 0 Å². The Hall–Kier alpha value is -1.57. The van der Waals surface area contributed by atoms with Crippen LogP contribution in [0.25, 0.3) is 0 Å². The summed E-state index contributed by atoms with van der Waals surface area (Å²) < 4.78 is 0.873. The topological polar surface area (TPSA) is 29.1 Å². The van der Waals surface area contributed by atoms with Crippen LogP contribution >= 0.6 is 0 Å². The van der Waals surface area contributed by atoms with Crippen LogP contribution in [0.4, 0.5) is 0 Å². The standard InChI is InChI=1S/C14H12NOSe/c16-14(12-8-4-5-9-13(12)17)15-10-11-6-2-1-3-7-11/h1-9H,10H2,(H,15,16). The molecule has 0 saturated carbocycles. The molecule has 1 N–H and O–H groups in total. The van der Waals surface area contributed by atoms with Crippen LogP contribution in [0.3, 0.4) is 0 Å². The molecule has 0 aromatic heterocycles. The van der Waals surface area contributed by atoms with Gasteiger partial charge < -0.3 is 0 Å². The van der Waals surface area contributed by atoms with Crippen LogP contribution in [0.15, 0.2) is 54.6 Å².